The number of halogens is 1. The molecule has 4 N–H and O–H groups in total. The fourth-order valence-electron chi connectivity index (χ4n) is 3.75. The Hall–Kier alpha value is -3.24. The molecule has 3 rings (SSSR count). The number of rotatable bonds is 7. The molecule has 1 aliphatic rings. The summed E-state index contributed by atoms with van der Waals surface area (Å²) in [5.74, 6) is -0.265. The zero-order valence-corrected chi connectivity index (χ0v) is 18.8. The summed E-state index contributed by atoms with van der Waals surface area (Å²) in [7, 11) is 1.60. The van der Waals surface area contributed by atoms with Crippen LogP contribution < -0.4 is 21.2 Å². The van der Waals surface area contributed by atoms with Crippen molar-refractivity contribution in [1.29, 1.82) is 5.53 Å². The molecule has 2 heterocycles. The quantitative estimate of drug-likeness (QED) is 0.191. The highest BCUT2D eigenvalue weighted by molar-refractivity contribution is 6.33. The van der Waals surface area contributed by atoms with Crippen molar-refractivity contribution in [2.24, 2.45) is 22.0 Å². The number of pyridine rings is 1. The molecule has 1 aliphatic heterocycles. The van der Waals surface area contributed by atoms with E-state index in [2.05, 4.69) is 29.5 Å². The number of hydrogen-bond acceptors (Lipinski definition) is 6. The zero-order valence-electron chi connectivity index (χ0n) is 18.0. The zero-order chi connectivity index (χ0) is 23.4. The van der Waals surface area contributed by atoms with Gasteiger partial charge >= 0.3 is 0 Å². The highest BCUT2D eigenvalue weighted by Gasteiger charge is 2.30. The minimum absolute atomic E-state index is 0.0239. The molecule has 1 aromatic carbocycles. The second kappa shape index (κ2) is 9.92. The van der Waals surface area contributed by atoms with E-state index in [0.717, 1.165) is 11.1 Å². The Bertz CT molecular complexity index is 1130. The summed E-state index contributed by atoms with van der Waals surface area (Å²) in [6.07, 6.45) is 2.16. The van der Waals surface area contributed by atoms with Crippen molar-refractivity contribution < 1.29 is 14.3 Å². The molecule has 0 bridgehead atoms. The molecule has 1 atom stereocenters. The van der Waals surface area contributed by atoms with Gasteiger partial charge in [0.1, 0.15) is 17.9 Å². The molecule has 10 nitrogen and oxygen atoms in total. The van der Waals surface area contributed by atoms with Crippen LogP contribution in [-0.4, -0.2) is 36.8 Å². The number of fused-ring (bicyclic) bond motifs is 3. The standard InChI is InChI=1S/C21H25ClN6O4/c1-11(2)16-7-12-6-13(32-5-4-31-3)8-15(22)19(12)17-9-18(29)14(10-28(16)17)20(30)25-21(23)26-27-24/h6,8-11,16H,4-5,7H2,1-3H3,(H4,23,24,25,26,30). The van der Waals surface area contributed by atoms with Crippen LogP contribution in [0.3, 0.4) is 0 Å². The van der Waals surface area contributed by atoms with Crippen LogP contribution >= 0.6 is 11.6 Å². The number of guanidine groups is 1. The van der Waals surface area contributed by atoms with Gasteiger partial charge in [-0.15, -0.1) is 0 Å². The van der Waals surface area contributed by atoms with Gasteiger partial charge in [0.15, 0.2) is 5.43 Å². The van der Waals surface area contributed by atoms with Crippen molar-refractivity contribution in [2.45, 2.75) is 26.3 Å². The monoisotopic (exact) mass is 460 g/mol. The number of nitrogens with zero attached hydrogens (tertiary/aromatic N) is 3. The first kappa shape index (κ1) is 23.4. The van der Waals surface area contributed by atoms with Crippen LogP contribution in [0.2, 0.25) is 5.02 Å². The Morgan fingerprint density at radius 3 is 2.78 bits per heavy atom. The van der Waals surface area contributed by atoms with Crippen molar-refractivity contribution in [3.63, 3.8) is 0 Å². The summed E-state index contributed by atoms with van der Waals surface area (Å²) in [5.41, 5.74) is 13.9. The molecule has 170 valence electrons. The number of methoxy groups -OCH3 is 1. The molecule has 1 amide bonds. The van der Waals surface area contributed by atoms with E-state index in [4.69, 9.17) is 32.3 Å². The van der Waals surface area contributed by atoms with Crippen LogP contribution in [0.1, 0.15) is 35.8 Å². The van der Waals surface area contributed by atoms with Crippen molar-refractivity contribution in [2.75, 3.05) is 20.3 Å². The van der Waals surface area contributed by atoms with Gasteiger partial charge in [-0.2, -0.15) is 5.53 Å². The molecule has 0 aliphatic carbocycles. The Morgan fingerprint density at radius 1 is 1.38 bits per heavy atom. The van der Waals surface area contributed by atoms with Crippen LogP contribution in [-0.2, 0) is 11.2 Å². The van der Waals surface area contributed by atoms with Gasteiger partial charge in [-0.25, -0.2) is 0 Å². The maximum absolute atomic E-state index is 12.8. The lowest BCUT2D eigenvalue weighted by molar-refractivity contribution is 0.0974. The number of benzene rings is 1. The number of carbonyl (C=O) groups is 1. The molecular weight excluding hydrogens is 436 g/mol. The maximum Gasteiger partial charge on any atom is 0.263 e. The topological polar surface area (TPSA) is 144 Å². The van der Waals surface area contributed by atoms with Gasteiger partial charge in [0, 0.05) is 31.0 Å². The van der Waals surface area contributed by atoms with E-state index >= 15 is 0 Å². The van der Waals surface area contributed by atoms with Crippen molar-refractivity contribution >= 4 is 23.5 Å². The van der Waals surface area contributed by atoms with Gasteiger partial charge in [-0.1, -0.05) is 30.5 Å². The van der Waals surface area contributed by atoms with Crippen LogP contribution in [0.25, 0.3) is 11.3 Å². The lowest BCUT2D eigenvalue weighted by Gasteiger charge is -2.34. The van der Waals surface area contributed by atoms with E-state index in [1.165, 1.54) is 12.3 Å². The molecule has 0 fully saturated rings. The van der Waals surface area contributed by atoms with Gasteiger partial charge in [-0.3, -0.25) is 14.9 Å². The fourth-order valence-corrected chi connectivity index (χ4v) is 4.07. The van der Waals surface area contributed by atoms with Crippen molar-refractivity contribution in [3.8, 4) is 17.0 Å². The lowest BCUT2D eigenvalue weighted by Crippen LogP contribution is -2.39. The van der Waals surface area contributed by atoms with E-state index in [1.54, 1.807) is 13.2 Å². The van der Waals surface area contributed by atoms with E-state index in [9.17, 15) is 9.59 Å². The van der Waals surface area contributed by atoms with E-state index in [0.29, 0.717) is 36.1 Å². The highest BCUT2D eigenvalue weighted by atomic mass is 35.5. The largest absolute Gasteiger partial charge is 0.491 e. The van der Waals surface area contributed by atoms with Crippen LogP contribution in [0, 0.1) is 11.4 Å². The highest BCUT2D eigenvalue weighted by Crippen LogP contribution is 2.42. The average molecular weight is 461 g/mol. The molecule has 0 radical (unpaired) electrons. The average Bonchev–Trinajstić information content (AvgIpc) is 2.72. The number of aromatic nitrogens is 1. The number of amides is 1. The minimum atomic E-state index is -0.725. The van der Waals surface area contributed by atoms with Gasteiger partial charge < -0.3 is 19.8 Å². The molecule has 0 spiro atoms. The maximum atomic E-state index is 12.8. The second-order valence-electron chi connectivity index (χ2n) is 7.68. The molecule has 11 heteroatoms. The number of hydrogen-bond donors (Lipinski definition) is 3. The van der Waals surface area contributed by atoms with E-state index in [-0.39, 0.29) is 23.5 Å². The summed E-state index contributed by atoms with van der Waals surface area (Å²) in [6.45, 7) is 4.99. The first-order valence-corrected chi connectivity index (χ1v) is 10.4. The summed E-state index contributed by atoms with van der Waals surface area (Å²) in [4.78, 5) is 25.4. The number of carbonyl (C=O) groups excluding carboxylic acids is 1. The second-order valence-corrected chi connectivity index (χ2v) is 8.09. The van der Waals surface area contributed by atoms with Crippen molar-refractivity contribution in [3.05, 3.63) is 50.8 Å². The predicted octanol–water partition coefficient (Wildman–Crippen LogP) is 2.94. The number of nitrogens with two attached hydrogens (primary N) is 1. The fraction of sp³-hybridized carbons (Fsp3) is 0.381. The van der Waals surface area contributed by atoms with Gasteiger partial charge in [0.25, 0.3) is 5.91 Å². The molecule has 0 saturated carbocycles. The van der Waals surface area contributed by atoms with Gasteiger partial charge in [-0.05, 0) is 35.3 Å². The van der Waals surface area contributed by atoms with Crippen molar-refractivity contribution in [1.82, 2.24) is 9.88 Å². The molecule has 0 saturated heterocycles. The van der Waals surface area contributed by atoms with E-state index in [1.807, 2.05) is 10.6 Å². The van der Waals surface area contributed by atoms with Crippen LogP contribution in [0.5, 0.6) is 5.75 Å². The lowest BCUT2D eigenvalue weighted by atomic mass is 9.87. The minimum Gasteiger partial charge on any atom is -0.491 e. The Kier molecular flexibility index (Phi) is 7.26. The third-order valence-electron chi connectivity index (χ3n) is 5.24. The Labute approximate surface area is 189 Å². The summed E-state index contributed by atoms with van der Waals surface area (Å²) < 4.78 is 12.7. The molecule has 1 unspecified atom stereocenters. The third kappa shape index (κ3) is 4.81. The van der Waals surface area contributed by atoms with E-state index < -0.39 is 11.3 Å². The van der Waals surface area contributed by atoms with Gasteiger partial charge in [0.05, 0.1) is 17.3 Å². The number of ether oxygens (including phenoxy) is 2. The Balaban J connectivity index is 2.09. The van der Waals surface area contributed by atoms with Crippen LogP contribution in [0.15, 0.2) is 39.5 Å². The first-order valence-electron chi connectivity index (χ1n) is 9.98. The Morgan fingerprint density at radius 2 is 2.12 bits per heavy atom. The summed E-state index contributed by atoms with van der Waals surface area (Å²) in [6, 6.07) is 5.02. The number of nitrogens with one attached hydrogen (secondary N) is 2. The third-order valence-corrected chi connectivity index (χ3v) is 5.54. The summed E-state index contributed by atoms with van der Waals surface area (Å²) in [5, 5.41) is 8.71. The summed E-state index contributed by atoms with van der Waals surface area (Å²) >= 11 is 6.61. The van der Waals surface area contributed by atoms with Gasteiger partial charge in [0.2, 0.25) is 5.96 Å². The first-order chi connectivity index (χ1) is 15.3. The molecular formula is C21H25ClN6O4. The smallest absolute Gasteiger partial charge is 0.263 e. The van der Waals surface area contributed by atoms with Crippen LogP contribution in [0.4, 0.5) is 0 Å². The predicted molar refractivity (Wildman–Crippen MR) is 120 cm³/mol. The molecule has 2 aromatic rings. The normalized spacial score (nSPS) is 15.2. The molecule has 32 heavy (non-hydrogen) atoms. The molecule has 1 aromatic heterocycles. The SMILES string of the molecule is COCCOc1cc(Cl)c2c(c1)CC(C(C)C)n1cc(C(=O)NC(N)=NN=N)c(=O)cc1-2.